The maximum absolute atomic E-state index is 13.7. The fourth-order valence-corrected chi connectivity index (χ4v) is 2.52. The second-order valence-corrected chi connectivity index (χ2v) is 6.07. The fourth-order valence-electron chi connectivity index (χ4n) is 2.52. The summed E-state index contributed by atoms with van der Waals surface area (Å²) in [7, 11) is 0. The van der Waals surface area contributed by atoms with Crippen molar-refractivity contribution in [2.75, 3.05) is 18.4 Å². The molecule has 1 saturated heterocycles. The van der Waals surface area contributed by atoms with Crippen LogP contribution in [0.4, 0.5) is 10.1 Å². The first kappa shape index (κ1) is 15.5. The Bertz CT molecular complexity index is 557. The number of aryl methyl sites for hydroxylation is 1. The molecule has 1 aromatic carbocycles. The Kier molecular flexibility index (Phi) is 4.60. The van der Waals surface area contributed by atoms with E-state index in [1.54, 1.807) is 24.0 Å². The molecule has 2 rings (SSSR count). The summed E-state index contributed by atoms with van der Waals surface area (Å²) in [6, 6.07) is 4.66. The van der Waals surface area contributed by atoms with E-state index in [-0.39, 0.29) is 23.9 Å². The second kappa shape index (κ2) is 6.24. The first-order valence-electron chi connectivity index (χ1n) is 7.21. The summed E-state index contributed by atoms with van der Waals surface area (Å²) in [6.45, 7) is 6.91. The number of halogens is 1. The number of likely N-dealkylation sites (tertiary alicyclic amines) is 1. The third kappa shape index (κ3) is 3.80. The number of nitrogens with one attached hydrogen (secondary N) is 1. The summed E-state index contributed by atoms with van der Waals surface area (Å²) in [5.41, 5.74) is 0.963. The number of amides is 2. The van der Waals surface area contributed by atoms with Crippen LogP contribution in [0.25, 0.3) is 0 Å². The molecule has 1 aromatic rings. The van der Waals surface area contributed by atoms with Crippen molar-refractivity contribution in [3.05, 3.63) is 29.6 Å². The Hall–Kier alpha value is -1.91. The van der Waals surface area contributed by atoms with Gasteiger partial charge in [-0.15, -0.1) is 0 Å². The highest BCUT2D eigenvalue weighted by atomic mass is 19.1. The topological polar surface area (TPSA) is 49.4 Å². The Morgan fingerprint density at radius 3 is 2.81 bits per heavy atom. The zero-order valence-electron chi connectivity index (χ0n) is 12.6. The van der Waals surface area contributed by atoms with Crippen molar-refractivity contribution in [2.45, 2.75) is 27.2 Å². The van der Waals surface area contributed by atoms with E-state index >= 15 is 0 Å². The molecule has 0 radical (unpaired) electrons. The lowest BCUT2D eigenvalue weighted by Crippen LogP contribution is -2.31. The van der Waals surface area contributed by atoms with Crippen molar-refractivity contribution in [2.24, 2.45) is 11.8 Å². The first-order valence-corrected chi connectivity index (χ1v) is 7.21. The first-order chi connectivity index (χ1) is 9.86. The molecule has 1 aliphatic heterocycles. The smallest absolute Gasteiger partial charge is 0.229 e. The summed E-state index contributed by atoms with van der Waals surface area (Å²) >= 11 is 0. The number of carbonyl (C=O) groups is 2. The van der Waals surface area contributed by atoms with E-state index in [9.17, 15) is 14.0 Å². The van der Waals surface area contributed by atoms with Gasteiger partial charge in [-0.2, -0.15) is 0 Å². The van der Waals surface area contributed by atoms with Gasteiger partial charge in [-0.25, -0.2) is 4.39 Å². The average Bonchev–Trinajstić information content (AvgIpc) is 2.74. The molecule has 0 spiro atoms. The molecule has 1 heterocycles. The third-order valence-corrected chi connectivity index (χ3v) is 3.55. The monoisotopic (exact) mass is 292 g/mol. The molecule has 1 N–H and O–H groups in total. The maximum atomic E-state index is 13.7. The molecular formula is C16H21FN2O2. The molecule has 1 atom stereocenters. The van der Waals surface area contributed by atoms with E-state index in [4.69, 9.17) is 0 Å². The molecule has 0 aliphatic carbocycles. The molecule has 1 unspecified atom stereocenters. The van der Waals surface area contributed by atoms with E-state index in [2.05, 4.69) is 5.32 Å². The number of carbonyl (C=O) groups excluding carboxylic acids is 2. The van der Waals surface area contributed by atoms with Crippen molar-refractivity contribution in [1.29, 1.82) is 0 Å². The molecule has 1 fully saturated rings. The normalized spacial score (nSPS) is 18.4. The van der Waals surface area contributed by atoms with Crippen molar-refractivity contribution in [3.8, 4) is 0 Å². The predicted octanol–water partition coefficient (Wildman–Crippen LogP) is 2.58. The van der Waals surface area contributed by atoms with E-state index in [1.165, 1.54) is 6.07 Å². The quantitative estimate of drug-likeness (QED) is 0.927. The van der Waals surface area contributed by atoms with E-state index < -0.39 is 11.7 Å². The van der Waals surface area contributed by atoms with E-state index in [0.717, 1.165) is 5.56 Å². The van der Waals surface area contributed by atoms with Crippen LogP contribution in [0.1, 0.15) is 25.8 Å². The van der Waals surface area contributed by atoms with Gasteiger partial charge in [-0.1, -0.05) is 19.9 Å². The Morgan fingerprint density at radius 2 is 2.19 bits per heavy atom. The van der Waals surface area contributed by atoms with Gasteiger partial charge in [-0.05, 0) is 30.5 Å². The van der Waals surface area contributed by atoms with Crippen LogP contribution in [0.5, 0.6) is 0 Å². The van der Waals surface area contributed by atoms with Crippen LogP contribution in [0.3, 0.4) is 0 Å². The van der Waals surface area contributed by atoms with Crippen LogP contribution < -0.4 is 5.32 Å². The zero-order valence-corrected chi connectivity index (χ0v) is 12.6. The number of benzene rings is 1. The largest absolute Gasteiger partial charge is 0.342 e. The lowest BCUT2D eigenvalue weighted by atomic mass is 10.1. The molecule has 0 saturated carbocycles. The van der Waals surface area contributed by atoms with Gasteiger partial charge in [-0.3, -0.25) is 9.59 Å². The van der Waals surface area contributed by atoms with Gasteiger partial charge in [0.1, 0.15) is 5.82 Å². The Labute approximate surface area is 124 Å². The Balaban J connectivity index is 2.00. The van der Waals surface area contributed by atoms with Crippen LogP contribution in [0.15, 0.2) is 18.2 Å². The summed E-state index contributed by atoms with van der Waals surface area (Å²) in [5, 5.41) is 2.58. The van der Waals surface area contributed by atoms with Crippen molar-refractivity contribution in [1.82, 2.24) is 4.90 Å². The number of hydrogen-bond acceptors (Lipinski definition) is 2. The SMILES string of the molecule is Cc1ccc(NC(=O)C2CC(=O)N(CC(C)C)C2)c(F)c1. The molecule has 5 heteroatoms. The Morgan fingerprint density at radius 1 is 1.48 bits per heavy atom. The molecule has 2 amide bonds. The number of hydrogen-bond donors (Lipinski definition) is 1. The van der Waals surface area contributed by atoms with Crippen molar-refractivity contribution >= 4 is 17.5 Å². The van der Waals surface area contributed by atoms with Crippen LogP contribution in [0, 0.1) is 24.6 Å². The second-order valence-electron chi connectivity index (χ2n) is 6.07. The van der Waals surface area contributed by atoms with Gasteiger partial charge in [0.05, 0.1) is 11.6 Å². The van der Waals surface area contributed by atoms with Gasteiger partial charge in [0.15, 0.2) is 0 Å². The van der Waals surface area contributed by atoms with Gasteiger partial charge >= 0.3 is 0 Å². The summed E-state index contributed by atoms with van der Waals surface area (Å²) in [5.74, 6) is -0.792. The minimum absolute atomic E-state index is 0.00627. The third-order valence-electron chi connectivity index (χ3n) is 3.55. The predicted molar refractivity (Wildman–Crippen MR) is 79.3 cm³/mol. The fraction of sp³-hybridized carbons (Fsp3) is 0.500. The number of nitrogens with zero attached hydrogens (tertiary/aromatic N) is 1. The van der Waals surface area contributed by atoms with Crippen LogP contribution >= 0.6 is 0 Å². The highest BCUT2D eigenvalue weighted by molar-refractivity contribution is 5.97. The highest BCUT2D eigenvalue weighted by Gasteiger charge is 2.34. The zero-order chi connectivity index (χ0) is 15.6. The van der Waals surface area contributed by atoms with Crippen LogP contribution in [-0.4, -0.2) is 29.8 Å². The molecular weight excluding hydrogens is 271 g/mol. The van der Waals surface area contributed by atoms with Crippen LogP contribution in [0.2, 0.25) is 0 Å². The lowest BCUT2D eigenvalue weighted by Gasteiger charge is -2.18. The molecule has 0 aromatic heterocycles. The summed E-state index contributed by atoms with van der Waals surface area (Å²) in [4.78, 5) is 25.7. The van der Waals surface area contributed by atoms with E-state index in [1.807, 2.05) is 13.8 Å². The molecule has 114 valence electrons. The van der Waals surface area contributed by atoms with Gasteiger partial charge in [0.25, 0.3) is 0 Å². The number of anilines is 1. The minimum atomic E-state index is -0.452. The van der Waals surface area contributed by atoms with Crippen LogP contribution in [-0.2, 0) is 9.59 Å². The standard InChI is InChI=1S/C16H21FN2O2/c1-10(2)8-19-9-12(7-15(19)20)16(21)18-14-5-4-11(3)6-13(14)17/h4-6,10,12H,7-9H2,1-3H3,(H,18,21). The lowest BCUT2D eigenvalue weighted by molar-refractivity contribution is -0.128. The molecule has 1 aliphatic rings. The van der Waals surface area contributed by atoms with Crippen molar-refractivity contribution in [3.63, 3.8) is 0 Å². The van der Waals surface area contributed by atoms with Gasteiger partial charge in [0, 0.05) is 19.5 Å². The van der Waals surface area contributed by atoms with Gasteiger partial charge in [0.2, 0.25) is 11.8 Å². The number of rotatable bonds is 4. The maximum Gasteiger partial charge on any atom is 0.229 e. The van der Waals surface area contributed by atoms with E-state index in [0.29, 0.717) is 19.0 Å². The minimum Gasteiger partial charge on any atom is -0.342 e. The van der Waals surface area contributed by atoms with Crippen molar-refractivity contribution < 1.29 is 14.0 Å². The summed E-state index contributed by atoms with van der Waals surface area (Å²) in [6.07, 6.45) is 0.200. The average molecular weight is 292 g/mol. The van der Waals surface area contributed by atoms with Gasteiger partial charge < -0.3 is 10.2 Å². The molecule has 0 bridgehead atoms. The molecule has 21 heavy (non-hydrogen) atoms. The molecule has 4 nitrogen and oxygen atoms in total. The summed E-state index contributed by atoms with van der Waals surface area (Å²) < 4.78 is 13.7. The highest BCUT2D eigenvalue weighted by Crippen LogP contribution is 2.22.